The number of hydrogen-bond acceptors (Lipinski definition) is 4. The lowest BCUT2D eigenvalue weighted by atomic mass is 9.80. The number of nitrogens with zero attached hydrogens (tertiary/aromatic N) is 2. The molecule has 0 bridgehead atoms. The van der Waals surface area contributed by atoms with Crippen molar-refractivity contribution < 1.29 is 4.74 Å². The van der Waals surface area contributed by atoms with Crippen molar-refractivity contribution >= 4 is 10.9 Å². The number of benzene rings is 1. The summed E-state index contributed by atoms with van der Waals surface area (Å²) in [6, 6.07) is 7.95. The van der Waals surface area contributed by atoms with Gasteiger partial charge in [-0.2, -0.15) is 0 Å². The maximum atomic E-state index is 5.98. The Morgan fingerprint density at radius 3 is 2.75 bits per heavy atom. The molecule has 106 valence electrons. The number of para-hydroxylation sites is 1. The molecule has 3 rings (SSSR count). The quantitative estimate of drug-likeness (QED) is 0.929. The van der Waals surface area contributed by atoms with E-state index in [-0.39, 0.29) is 0 Å². The van der Waals surface area contributed by atoms with Gasteiger partial charge in [0.2, 0.25) is 5.88 Å². The molecule has 1 aromatic heterocycles. The highest BCUT2D eigenvalue weighted by molar-refractivity contribution is 5.82. The van der Waals surface area contributed by atoms with Gasteiger partial charge in [0.15, 0.2) is 0 Å². The van der Waals surface area contributed by atoms with Gasteiger partial charge in [0, 0.05) is 0 Å². The first-order valence-electron chi connectivity index (χ1n) is 7.41. The molecule has 0 amide bonds. The second kappa shape index (κ2) is 6.18. The van der Waals surface area contributed by atoms with E-state index in [9.17, 15) is 0 Å². The van der Waals surface area contributed by atoms with Crippen LogP contribution in [0.1, 0.15) is 25.7 Å². The Labute approximate surface area is 119 Å². The van der Waals surface area contributed by atoms with E-state index in [2.05, 4.69) is 9.97 Å². The van der Waals surface area contributed by atoms with Crippen LogP contribution in [-0.4, -0.2) is 23.1 Å². The van der Waals surface area contributed by atoms with Crippen LogP contribution in [0.15, 0.2) is 30.6 Å². The van der Waals surface area contributed by atoms with Crippen molar-refractivity contribution in [2.24, 2.45) is 17.6 Å². The number of hydrogen-bond donors (Lipinski definition) is 1. The van der Waals surface area contributed by atoms with Gasteiger partial charge in [0.25, 0.3) is 0 Å². The molecule has 1 aromatic carbocycles. The van der Waals surface area contributed by atoms with E-state index in [0.29, 0.717) is 24.3 Å². The Balaban J connectivity index is 1.73. The van der Waals surface area contributed by atoms with Gasteiger partial charge in [-0.25, -0.2) is 9.97 Å². The Bertz CT molecular complexity index is 567. The van der Waals surface area contributed by atoms with Gasteiger partial charge in [-0.3, -0.25) is 0 Å². The zero-order valence-corrected chi connectivity index (χ0v) is 11.7. The van der Waals surface area contributed by atoms with Crippen LogP contribution in [0, 0.1) is 11.8 Å². The second-order valence-electron chi connectivity index (χ2n) is 5.55. The zero-order chi connectivity index (χ0) is 13.8. The molecule has 20 heavy (non-hydrogen) atoms. The minimum absolute atomic E-state index is 0.558. The summed E-state index contributed by atoms with van der Waals surface area (Å²) in [4.78, 5) is 8.53. The molecule has 1 aliphatic rings. The normalized spacial score (nSPS) is 22.9. The van der Waals surface area contributed by atoms with Gasteiger partial charge in [0.05, 0.1) is 17.5 Å². The van der Waals surface area contributed by atoms with E-state index in [4.69, 9.17) is 10.5 Å². The lowest BCUT2D eigenvalue weighted by Crippen LogP contribution is -2.30. The molecular weight excluding hydrogens is 250 g/mol. The summed E-state index contributed by atoms with van der Waals surface area (Å²) in [6.45, 7) is 1.47. The minimum atomic E-state index is 0.558. The van der Waals surface area contributed by atoms with Gasteiger partial charge < -0.3 is 10.5 Å². The fraction of sp³-hybridized carbons (Fsp3) is 0.500. The largest absolute Gasteiger partial charge is 0.477 e. The summed E-state index contributed by atoms with van der Waals surface area (Å²) in [6.07, 6.45) is 6.60. The molecular formula is C16H21N3O. The predicted octanol–water partition coefficient (Wildman–Crippen LogP) is 2.77. The molecule has 0 radical (unpaired) electrons. The second-order valence-corrected chi connectivity index (χ2v) is 5.55. The molecule has 2 unspecified atom stereocenters. The monoisotopic (exact) mass is 271 g/mol. The van der Waals surface area contributed by atoms with Crippen LogP contribution in [0.25, 0.3) is 10.9 Å². The third kappa shape index (κ3) is 2.75. The summed E-state index contributed by atoms with van der Waals surface area (Å²) in [5, 5.41) is 0.982. The third-order valence-corrected chi connectivity index (χ3v) is 4.31. The van der Waals surface area contributed by atoms with Crippen molar-refractivity contribution in [1.29, 1.82) is 0 Å². The molecule has 1 aliphatic carbocycles. The van der Waals surface area contributed by atoms with E-state index in [0.717, 1.165) is 17.4 Å². The molecule has 4 heteroatoms. The van der Waals surface area contributed by atoms with Gasteiger partial charge >= 0.3 is 0 Å². The van der Waals surface area contributed by atoms with Gasteiger partial charge in [-0.1, -0.05) is 25.0 Å². The van der Waals surface area contributed by atoms with E-state index in [1.807, 2.05) is 24.3 Å². The van der Waals surface area contributed by atoms with E-state index in [1.54, 1.807) is 6.33 Å². The Morgan fingerprint density at radius 2 is 1.90 bits per heavy atom. The standard InChI is InChI=1S/C16H21N3O/c17-9-12-5-1-2-6-13(12)10-20-16-14-7-3-4-8-15(14)18-11-19-16/h3-4,7-8,11-13H,1-2,5-6,9-10,17H2. The number of aromatic nitrogens is 2. The van der Waals surface area contributed by atoms with Crippen LogP contribution < -0.4 is 10.5 Å². The fourth-order valence-electron chi connectivity index (χ4n) is 3.10. The number of ether oxygens (including phenoxy) is 1. The molecule has 0 aliphatic heterocycles. The first-order valence-corrected chi connectivity index (χ1v) is 7.41. The lowest BCUT2D eigenvalue weighted by molar-refractivity contribution is 0.151. The summed E-state index contributed by atoms with van der Waals surface area (Å²) in [7, 11) is 0. The zero-order valence-electron chi connectivity index (χ0n) is 11.7. The van der Waals surface area contributed by atoms with Crippen molar-refractivity contribution in [3.63, 3.8) is 0 Å². The predicted molar refractivity (Wildman–Crippen MR) is 79.5 cm³/mol. The molecule has 1 heterocycles. The lowest BCUT2D eigenvalue weighted by Gasteiger charge is -2.30. The minimum Gasteiger partial charge on any atom is -0.477 e. The van der Waals surface area contributed by atoms with Crippen LogP contribution in [-0.2, 0) is 0 Å². The Hall–Kier alpha value is -1.68. The molecule has 0 spiro atoms. The summed E-state index contributed by atoms with van der Waals surface area (Å²) < 4.78 is 5.98. The van der Waals surface area contributed by atoms with Crippen molar-refractivity contribution in [3.05, 3.63) is 30.6 Å². The number of fused-ring (bicyclic) bond motifs is 1. The van der Waals surface area contributed by atoms with Crippen LogP contribution >= 0.6 is 0 Å². The first kappa shape index (κ1) is 13.3. The maximum Gasteiger partial charge on any atom is 0.224 e. The average molecular weight is 271 g/mol. The molecule has 1 fully saturated rings. The van der Waals surface area contributed by atoms with Gasteiger partial charge in [0.1, 0.15) is 6.33 Å². The Morgan fingerprint density at radius 1 is 1.10 bits per heavy atom. The Kier molecular flexibility index (Phi) is 4.11. The highest BCUT2D eigenvalue weighted by Gasteiger charge is 2.24. The summed E-state index contributed by atoms with van der Waals surface area (Å²) in [5.74, 6) is 1.84. The summed E-state index contributed by atoms with van der Waals surface area (Å²) >= 11 is 0. The van der Waals surface area contributed by atoms with Crippen molar-refractivity contribution in [2.45, 2.75) is 25.7 Å². The van der Waals surface area contributed by atoms with Crippen LogP contribution in [0.5, 0.6) is 5.88 Å². The van der Waals surface area contributed by atoms with Crippen LogP contribution in [0.2, 0.25) is 0 Å². The average Bonchev–Trinajstić information content (AvgIpc) is 2.53. The van der Waals surface area contributed by atoms with Crippen molar-refractivity contribution in [2.75, 3.05) is 13.2 Å². The third-order valence-electron chi connectivity index (χ3n) is 4.31. The molecule has 0 saturated heterocycles. The van der Waals surface area contributed by atoms with Crippen molar-refractivity contribution in [3.8, 4) is 5.88 Å². The SMILES string of the molecule is NCC1CCCCC1COc1ncnc2ccccc12. The van der Waals surface area contributed by atoms with Crippen LogP contribution in [0.4, 0.5) is 0 Å². The van der Waals surface area contributed by atoms with E-state index >= 15 is 0 Å². The smallest absolute Gasteiger partial charge is 0.224 e. The number of rotatable bonds is 4. The van der Waals surface area contributed by atoms with E-state index < -0.39 is 0 Å². The van der Waals surface area contributed by atoms with Gasteiger partial charge in [-0.05, 0) is 43.4 Å². The number of nitrogens with two attached hydrogens (primary N) is 1. The molecule has 2 N–H and O–H groups in total. The highest BCUT2D eigenvalue weighted by atomic mass is 16.5. The first-order chi connectivity index (χ1) is 9.88. The van der Waals surface area contributed by atoms with Crippen LogP contribution in [0.3, 0.4) is 0 Å². The topological polar surface area (TPSA) is 61.0 Å². The van der Waals surface area contributed by atoms with Gasteiger partial charge in [-0.15, -0.1) is 0 Å². The molecule has 4 nitrogen and oxygen atoms in total. The van der Waals surface area contributed by atoms with Crippen molar-refractivity contribution in [1.82, 2.24) is 9.97 Å². The fourth-order valence-corrected chi connectivity index (χ4v) is 3.10. The molecule has 2 atom stereocenters. The summed E-state index contributed by atoms with van der Waals surface area (Å²) in [5.41, 5.74) is 6.80. The van der Waals surface area contributed by atoms with E-state index in [1.165, 1.54) is 25.7 Å². The maximum absolute atomic E-state index is 5.98. The molecule has 1 saturated carbocycles. The highest BCUT2D eigenvalue weighted by Crippen LogP contribution is 2.30. The molecule has 2 aromatic rings.